The zero-order valence-corrected chi connectivity index (χ0v) is 11.9. The van der Waals surface area contributed by atoms with Crippen LogP contribution in [-0.2, 0) is 13.0 Å². The van der Waals surface area contributed by atoms with Crippen molar-refractivity contribution in [2.45, 2.75) is 19.9 Å². The second-order valence-corrected chi connectivity index (χ2v) is 5.61. The number of nitrogens with zero attached hydrogens (tertiary/aromatic N) is 2. The van der Waals surface area contributed by atoms with E-state index in [2.05, 4.69) is 50.9 Å². The highest BCUT2D eigenvalue weighted by atomic mass is 79.9. The highest BCUT2D eigenvalue weighted by Crippen LogP contribution is 2.28. The van der Waals surface area contributed by atoms with Crippen LogP contribution in [-0.4, -0.2) is 11.5 Å². The van der Waals surface area contributed by atoms with Gasteiger partial charge in [0.1, 0.15) is 5.82 Å². The quantitative estimate of drug-likeness (QED) is 0.798. The van der Waals surface area contributed by atoms with Gasteiger partial charge < -0.3 is 4.90 Å². The molecule has 2 aromatic rings. The first-order chi connectivity index (χ1) is 8.74. The van der Waals surface area contributed by atoms with Crippen molar-refractivity contribution in [2.24, 2.45) is 0 Å². The van der Waals surface area contributed by atoms with E-state index in [1.54, 1.807) is 0 Å². The Kier molecular flexibility index (Phi) is 3.08. The van der Waals surface area contributed by atoms with Gasteiger partial charge in [0.2, 0.25) is 0 Å². The highest BCUT2D eigenvalue weighted by molar-refractivity contribution is 9.10. The number of aryl methyl sites for hydroxylation is 1. The average molecular weight is 303 g/mol. The molecule has 2 heterocycles. The molecule has 1 aromatic carbocycles. The summed E-state index contributed by atoms with van der Waals surface area (Å²) >= 11 is 3.58. The molecule has 0 spiro atoms. The van der Waals surface area contributed by atoms with Crippen molar-refractivity contribution in [3.63, 3.8) is 0 Å². The number of pyridine rings is 1. The maximum atomic E-state index is 4.48. The van der Waals surface area contributed by atoms with Crippen LogP contribution in [0.4, 0.5) is 5.82 Å². The molecule has 0 bridgehead atoms. The molecule has 0 fully saturated rings. The van der Waals surface area contributed by atoms with Crippen LogP contribution in [0.1, 0.15) is 16.7 Å². The Morgan fingerprint density at radius 3 is 2.94 bits per heavy atom. The minimum atomic E-state index is 0.951. The van der Waals surface area contributed by atoms with Crippen LogP contribution in [0.25, 0.3) is 0 Å². The predicted octanol–water partition coefficient (Wildman–Crippen LogP) is 3.72. The molecule has 3 heteroatoms. The van der Waals surface area contributed by atoms with Crippen molar-refractivity contribution in [2.75, 3.05) is 11.4 Å². The second-order valence-electron chi connectivity index (χ2n) is 4.75. The summed E-state index contributed by atoms with van der Waals surface area (Å²) < 4.78 is 1.07. The fraction of sp³-hybridized carbons (Fsp3) is 0.267. The maximum absolute atomic E-state index is 4.48. The molecule has 18 heavy (non-hydrogen) atoms. The number of rotatable bonds is 1. The number of halogens is 1. The van der Waals surface area contributed by atoms with Crippen molar-refractivity contribution in [1.82, 2.24) is 4.98 Å². The summed E-state index contributed by atoms with van der Waals surface area (Å²) in [7, 11) is 0. The lowest BCUT2D eigenvalue weighted by atomic mass is 9.98. The van der Waals surface area contributed by atoms with Gasteiger partial charge in [-0.1, -0.05) is 23.8 Å². The summed E-state index contributed by atoms with van der Waals surface area (Å²) in [6.45, 7) is 4.13. The van der Waals surface area contributed by atoms with Crippen LogP contribution >= 0.6 is 15.9 Å². The maximum Gasteiger partial charge on any atom is 0.143 e. The molecule has 3 rings (SSSR count). The Morgan fingerprint density at radius 2 is 2.11 bits per heavy atom. The molecular formula is C15H15BrN2. The van der Waals surface area contributed by atoms with Crippen LogP contribution in [0.3, 0.4) is 0 Å². The van der Waals surface area contributed by atoms with Crippen molar-refractivity contribution in [3.8, 4) is 0 Å². The largest absolute Gasteiger partial charge is 0.351 e. The minimum absolute atomic E-state index is 0.951. The van der Waals surface area contributed by atoms with Crippen LogP contribution in [0.5, 0.6) is 0 Å². The van der Waals surface area contributed by atoms with Crippen LogP contribution in [0, 0.1) is 6.92 Å². The van der Waals surface area contributed by atoms with E-state index in [0.717, 1.165) is 29.8 Å². The molecule has 1 aliphatic heterocycles. The van der Waals surface area contributed by atoms with E-state index in [0.29, 0.717) is 0 Å². The average Bonchev–Trinajstić information content (AvgIpc) is 2.38. The lowest BCUT2D eigenvalue weighted by Gasteiger charge is -2.30. The monoisotopic (exact) mass is 302 g/mol. The molecule has 92 valence electrons. The minimum Gasteiger partial charge on any atom is -0.351 e. The lowest BCUT2D eigenvalue weighted by molar-refractivity contribution is 0.718. The summed E-state index contributed by atoms with van der Waals surface area (Å²) in [5, 5.41) is 0. The fourth-order valence-corrected chi connectivity index (χ4v) is 2.98. The second kappa shape index (κ2) is 4.73. The molecule has 0 unspecified atom stereocenters. The van der Waals surface area contributed by atoms with Gasteiger partial charge in [0.25, 0.3) is 0 Å². The zero-order valence-electron chi connectivity index (χ0n) is 10.4. The van der Waals surface area contributed by atoms with Gasteiger partial charge in [-0.3, -0.25) is 0 Å². The summed E-state index contributed by atoms with van der Waals surface area (Å²) in [6, 6.07) is 10.8. The first kappa shape index (κ1) is 11.7. The number of anilines is 1. The van der Waals surface area contributed by atoms with Gasteiger partial charge in [-0.15, -0.1) is 0 Å². The number of aromatic nitrogens is 1. The number of hydrogen-bond donors (Lipinski definition) is 0. The molecule has 0 aliphatic carbocycles. The van der Waals surface area contributed by atoms with Crippen molar-refractivity contribution in [1.29, 1.82) is 0 Å². The molecule has 2 nitrogen and oxygen atoms in total. The summed E-state index contributed by atoms with van der Waals surface area (Å²) in [6.07, 6.45) is 2.95. The lowest BCUT2D eigenvalue weighted by Crippen LogP contribution is -2.31. The van der Waals surface area contributed by atoms with Gasteiger partial charge in [0.15, 0.2) is 0 Å². The Hall–Kier alpha value is -1.35. The smallest absolute Gasteiger partial charge is 0.143 e. The van der Waals surface area contributed by atoms with E-state index in [9.17, 15) is 0 Å². The van der Waals surface area contributed by atoms with Gasteiger partial charge in [-0.2, -0.15) is 0 Å². The van der Waals surface area contributed by atoms with Crippen LogP contribution in [0.2, 0.25) is 0 Å². The summed E-state index contributed by atoms with van der Waals surface area (Å²) in [5.41, 5.74) is 4.23. The Bertz CT molecular complexity index is 580. The third-order valence-corrected chi connectivity index (χ3v) is 4.03. The highest BCUT2D eigenvalue weighted by Gasteiger charge is 2.18. The molecule has 0 N–H and O–H groups in total. The first-order valence-corrected chi connectivity index (χ1v) is 6.97. The van der Waals surface area contributed by atoms with Gasteiger partial charge >= 0.3 is 0 Å². The van der Waals surface area contributed by atoms with E-state index in [1.807, 2.05) is 18.3 Å². The Balaban J connectivity index is 1.93. The molecule has 0 radical (unpaired) electrons. The molecule has 0 atom stereocenters. The Labute approximate surface area is 116 Å². The van der Waals surface area contributed by atoms with E-state index in [-0.39, 0.29) is 0 Å². The molecule has 1 aliphatic rings. The third-order valence-electron chi connectivity index (χ3n) is 3.41. The van der Waals surface area contributed by atoms with E-state index in [4.69, 9.17) is 0 Å². The number of hydrogen-bond acceptors (Lipinski definition) is 2. The first-order valence-electron chi connectivity index (χ1n) is 6.18. The van der Waals surface area contributed by atoms with Gasteiger partial charge in [-0.05, 0) is 52.5 Å². The summed E-state index contributed by atoms with van der Waals surface area (Å²) in [5.74, 6) is 1.05. The fourth-order valence-electron chi connectivity index (χ4n) is 2.48. The van der Waals surface area contributed by atoms with Crippen molar-refractivity contribution < 1.29 is 0 Å². The van der Waals surface area contributed by atoms with Crippen molar-refractivity contribution in [3.05, 3.63) is 57.7 Å². The van der Waals surface area contributed by atoms with Gasteiger partial charge in [-0.25, -0.2) is 4.98 Å². The predicted molar refractivity (Wildman–Crippen MR) is 77.9 cm³/mol. The third kappa shape index (κ3) is 2.15. The van der Waals surface area contributed by atoms with Crippen LogP contribution in [0.15, 0.2) is 41.0 Å². The van der Waals surface area contributed by atoms with E-state index in [1.165, 1.54) is 16.7 Å². The zero-order chi connectivity index (χ0) is 12.5. The topological polar surface area (TPSA) is 16.1 Å². The molecular weight excluding hydrogens is 288 g/mol. The van der Waals surface area contributed by atoms with Gasteiger partial charge in [0.05, 0.1) is 4.47 Å². The summed E-state index contributed by atoms with van der Waals surface area (Å²) in [4.78, 5) is 6.82. The number of fused-ring (bicyclic) bond motifs is 1. The van der Waals surface area contributed by atoms with Gasteiger partial charge in [0, 0.05) is 19.3 Å². The molecule has 1 aromatic heterocycles. The van der Waals surface area contributed by atoms with Crippen LogP contribution < -0.4 is 4.90 Å². The SMILES string of the molecule is Cc1ccc2c(c1)CN(c1ncccc1Br)CC2. The van der Waals surface area contributed by atoms with Crippen molar-refractivity contribution >= 4 is 21.7 Å². The normalized spacial score (nSPS) is 14.4. The Morgan fingerprint density at radius 1 is 1.22 bits per heavy atom. The van der Waals surface area contributed by atoms with E-state index >= 15 is 0 Å². The molecule has 0 saturated heterocycles. The van der Waals surface area contributed by atoms with E-state index < -0.39 is 0 Å². The molecule has 0 saturated carbocycles. The number of benzene rings is 1. The molecule has 0 amide bonds. The standard InChI is InChI=1S/C15H15BrN2/c1-11-4-5-12-6-8-18(10-13(12)9-11)15-14(16)3-2-7-17-15/h2-5,7,9H,6,8,10H2,1H3.